The Bertz CT molecular complexity index is 1630. The topological polar surface area (TPSA) is 80.5 Å². The van der Waals surface area contributed by atoms with Gasteiger partial charge in [0.25, 0.3) is 5.91 Å². The molecule has 0 atom stereocenters. The lowest BCUT2D eigenvalue weighted by Crippen LogP contribution is -2.45. The number of aromatic nitrogens is 4. The number of amides is 1. The van der Waals surface area contributed by atoms with Crippen LogP contribution in [0.25, 0.3) is 22.0 Å². The lowest BCUT2D eigenvalue weighted by molar-refractivity contribution is 0.102. The molecule has 2 aliphatic heterocycles. The SMILES string of the molecule is Cc1cc(F)c(NC(=O)c2cnn(C(C)(C)C)c2F)cc1-c1cc(N2CCOCC2)c2c(cnn2C2CN(C)C2)c1. The van der Waals surface area contributed by atoms with E-state index in [0.29, 0.717) is 24.8 Å². The number of halogens is 2. The number of rotatable bonds is 5. The first-order chi connectivity index (χ1) is 19.5. The number of morpholine rings is 1. The van der Waals surface area contributed by atoms with Crippen molar-refractivity contribution in [2.75, 3.05) is 56.7 Å². The Morgan fingerprint density at radius 3 is 2.44 bits per heavy atom. The van der Waals surface area contributed by atoms with Crippen LogP contribution in [0.3, 0.4) is 0 Å². The molecule has 6 rings (SSSR count). The van der Waals surface area contributed by atoms with Crippen molar-refractivity contribution in [1.29, 1.82) is 0 Å². The van der Waals surface area contributed by atoms with Crippen molar-refractivity contribution < 1.29 is 18.3 Å². The first-order valence-corrected chi connectivity index (χ1v) is 13.9. The van der Waals surface area contributed by atoms with Gasteiger partial charge >= 0.3 is 0 Å². The normalized spacial score (nSPS) is 16.8. The minimum atomic E-state index is -0.766. The van der Waals surface area contributed by atoms with Crippen LogP contribution in [-0.4, -0.2) is 76.8 Å². The summed E-state index contributed by atoms with van der Waals surface area (Å²) in [6.45, 7) is 11.9. The molecule has 0 aliphatic carbocycles. The van der Waals surface area contributed by atoms with Gasteiger partial charge in [-0.3, -0.25) is 9.48 Å². The molecule has 0 radical (unpaired) electrons. The zero-order valence-electron chi connectivity index (χ0n) is 24.0. The Morgan fingerprint density at radius 1 is 1.05 bits per heavy atom. The van der Waals surface area contributed by atoms with E-state index in [4.69, 9.17) is 9.84 Å². The predicted molar refractivity (Wildman–Crippen MR) is 155 cm³/mol. The lowest BCUT2D eigenvalue weighted by Gasteiger charge is -2.37. The second-order valence-electron chi connectivity index (χ2n) is 12.0. The number of anilines is 2. The van der Waals surface area contributed by atoms with E-state index in [2.05, 4.69) is 44.1 Å². The van der Waals surface area contributed by atoms with E-state index in [0.717, 1.165) is 58.6 Å². The van der Waals surface area contributed by atoms with Crippen LogP contribution >= 0.6 is 0 Å². The van der Waals surface area contributed by atoms with Crippen LogP contribution in [0.5, 0.6) is 0 Å². The third-order valence-electron chi connectivity index (χ3n) is 7.88. The summed E-state index contributed by atoms with van der Waals surface area (Å²) >= 11 is 0. The molecule has 0 spiro atoms. The number of nitrogens with zero attached hydrogens (tertiary/aromatic N) is 6. The molecule has 4 aromatic rings. The quantitative estimate of drug-likeness (QED) is 0.375. The summed E-state index contributed by atoms with van der Waals surface area (Å²) in [7, 11) is 2.10. The van der Waals surface area contributed by atoms with Crippen molar-refractivity contribution in [2.24, 2.45) is 0 Å². The highest BCUT2D eigenvalue weighted by Gasteiger charge is 2.29. The van der Waals surface area contributed by atoms with Gasteiger partial charge in [0.05, 0.1) is 54.1 Å². The number of carbonyl (C=O) groups excluding carboxylic acids is 1. The van der Waals surface area contributed by atoms with Gasteiger partial charge in [-0.1, -0.05) is 0 Å². The van der Waals surface area contributed by atoms with Gasteiger partial charge in [0.1, 0.15) is 11.4 Å². The first kappa shape index (κ1) is 27.3. The molecule has 0 unspecified atom stereocenters. The van der Waals surface area contributed by atoms with E-state index in [1.54, 1.807) is 26.8 Å². The van der Waals surface area contributed by atoms with Crippen LogP contribution in [-0.2, 0) is 10.3 Å². The number of carbonyl (C=O) groups is 1. The van der Waals surface area contributed by atoms with E-state index in [-0.39, 0.29) is 11.3 Å². The number of fused-ring (bicyclic) bond motifs is 1. The zero-order chi connectivity index (χ0) is 29.1. The maximum atomic E-state index is 15.1. The van der Waals surface area contributed by atoms with Crippen LogP contribution in [0, 0.1) is 18.7 Å². The van der Waals surface area contributed by atoms with Gasteiger partial charge in [-0.2, -0.15) is 14.6 Å². The maximum Gasteiger partial charge on any atom is 0.262 e. The molecule has 1 N–H and O–H groups in total. The molecule has 2 aromatic carbocycles. The number of ether oxygens (including phenoxy) is 1. The Morgan fingerprint density at radius 2 is 1.78 bits per heavy atom. The smallest absolute Gasteiger partial charge is 0.262 e. The minimum Gasteiger partial charge on any atom is -0.378 e. The highest BCUT2D eigenvalue weighted by Crippen LogP contribution is 2.38. The third-order valence-corrected chi connectivity index (χ3v) is 7.88. The number of aryl methyl sites for hydroxylation is 1. The number of likely N-dealkylation sites (tertiary alicyclic amines) is 1. The Hall–Kier alpha value is -3.83. The molecule has 2 fully saturated rings. The fourth-order valence-electron chi connectivity index (χ4n) is 5.69. The molecular weight excluding hydrogens is 528 g/mol. The molecule has 11 heteroatoms. The Kier molecular flexibility index (Phi) is 6.82. The van der Waals surface area contributed by atoms with Gasteiger partial charge in [-0.15, -0.1) is 0 Å². The lowest BCUT2D eigenvalue weighted by atomic mass is 9.97. The van der Waals surface area contributed by atoms with E-state index in [1.165, 1.54) is 12.3 Å². The van der Waals surface area contributed by atoms with E-state index < -0.39 is 23.2 Å². The van der Waals surface area contributed by atoms with Gasteiger partial charge in [0, 0.05) is 31.6 Å². The fourth-order valence-corrected chi connectivity index (χ4v) is 5.69. The second kappa shape index (κ2) is 10.2. The highest BCUT2D eigenvalue weighted by atomic mass is 19.1. The molecule has 216 valence electrons. The molecule has 0 bridgehead atoms. The average Bonchev–Trinajstić information content (AvgIpc) is 3.52. The van der Waals surface area contributed by atoms with Crippen LogP contribution in [0.2, 0.25) is 0 Å². The molecule has 1 amide bonds. The minimum absolute atomic E-state index is 0.0280. The van der Waals surface area contributed by atoms with Crippen LogP contribution < -0.4 is 10.2 Å². The first-order valence-electron chi connectivity index (χ1n) is 13.9. The van der Waals surface area contributed by atoms with Crippen molar-refractivity contribution >= 4 is 28.2 Å². The van der Waals surface area contributed by atoms with E-state index in [9.17, 15) is 9.18 Å². The molecular formula is C30H35F2N7O2. The van der Waals surface area contributed by atoms with Crippen molar-refractivity contribution in [3.63, 3.8) is 0 Å². The zero-order valence-corrected chi connectivity index (χ0v) is 24.0. The second-order valence-corrected chi connectivity index (χ2v) is 12.0. The molecule has 4 heterocycles. The molecule has 9 nitrogen and oxygen atoms in total. The van der Waals surface area contributed by atoms with E-state index >= 15 is 4.39 Å². The maximum absolute atomic E-state index is 15.1. The summed E-state index contributed by atoms with van der Waals surface area (Å²) in [6.07, 6.45) is 3.06. The standard InChI is InChI=1S/C30H35F2N7O2/c1-18-10-24(31)25(35-29(40)23-15-34-39(28(23)32)30(2,3)4)13-22(18)19-11-20-14-33-38(21-16-36(5)17-21)27(20)26(12-19)37-6-8-41-9-7-37/h10-15,21H,6-9,16-17H2,1-5H3,(H,35,40). The van der Waals surface area contributed by atoms with E-state index in [1.807, 2.05) is 13.1 Å². The largest absolute Gasteiger partial charge is 0.378 e. The molecule has 0 saturated carbocycles. The van der Waals surface area contributed by atoms with Crippen molar-refractivity contribution in [3.8, 4) is 11.1 Å². The molecule has 41 heavy (non-hydrogen) atoms. The molecule has 2 saturated heterocycles. The van der Waals surface area contributed by atoms with Crippen LogP contribution in [0.4, 0.5) is 20.2 Å². The van der Waals surface area contributed by atoms with Gasteiger partial charge in [-0.05, 0) is 75.7 Å². The summed E-state index contributed by atoms with van der Waals surface area (Å²) in [5.41, 5.74) is 3.57. The van der Waals surface area contributed by atoms with Gasteiger partial charge < -0.3 is 19.9 Å². The number of benzene rings is 2. The molecule has 2 aliphatic rings. The summed E-state index contributed by atoms with van der Waals surface area (Å²) in [6, 6.07) is 7.49. The summed E-state index contributed by atoms with van der Waals surface area (Å²) in [4.78, 5) is 17.6. The van der Waals surface area contributed by atoms with Crippen molar-refractivity contribution in [2.45, 2.75) is 39.3 Å². The summed E-state index contributed by atoms with van der Waals surface area (Å²) in [5.74, 6) is -2.12. The molecule has 2 aromatic heterocycles. The number of hydrogen-bond donors (Lipinski definition) is 1. The van der Waals surface area contributed by atoms with Gasteiger partial charge in [0.15, 0.2) is 0 Å². The number of likely N-dealkylation sites (N-methyl/N-ethyl adjacent to an activating group) is 1. The third kappa shape index (κ3) is 4.97. The Labute approximate surface area is 237 Å². The number of hydrogen-bond acceptors (Lipinski definition) is 6. The fraction of sp³-hybridized carbons (Fsp3) is 0.433. The summed E-state index contributed by atoms with van der Waals surface area (Å²) < 4.78 is 39.0. The Balaban J connectivity index is 1.39. The highest BCUT2D eigenvalue weighted by molar-refractivity contribution is 6.05. The van der Waals surface area contributed by atoms with Crippen molar-refractivity contribution in [3.05, 3.63) is 59.6 Å². The van der Waals surface area contributed by atoms with Gasteiger partial charge in [0.2, 0.25) is 5.95 Å². The predicted octanol–water partition coefficient (Wildman–Crippen LogP) is 4.82. The van der Waals surface area contributed by atoms with Gasteiger partial charge in [-0.25, -0.2) is 9.07 Å². The number of nitrogens with one attached hydrogen (secondary N) is 1. The van der Waals surface area contributed by atoms with Crippen LogP contribution in [0.1, 0.15) is 42.7 Å². The monoisotopic (exact) mass is 563 g/mol. The summed E-state index contributed by atoms with van der Waals surface area (Å²) in [5, 5.41) is 12.4. The average molecular weight is 564 g/mol. The van der Waals surface area contributed by atoms with Crippen LogP contribution in [0.15, 0.2) is 36.7 Å². The van der Waals surface area contributed by atoms with Crippen molar-refractivity contribution in [1.82, 2.24) is 24.5 Å².